The van der Waals surface area contributed by atoms with Crippen LogP contribution in [0.5, 0.6) is 11.5 Å². The van der Waals surface area contributed by atoms with E-state index in [1.807, 2.05) is 83.8 Å². The number of rotatable bonds is 10. The van der Waals surface area contributed by atoms with Gasteiger partial charge in [0.15, 0.2) is 11.9 Å². The van der Waals surface area contributed by atoms with Gasteiger partial charge in [-0.05, 0) is 91.8 Å². The van der Waals surface area contributed by atoms with Crippen molar-refractivity contribution in [3.63, 3.8) is 0 Å². The lowest BCUT2D eigenvalue weighted by atomic mass is 9.72. The van der Waals surface area contributed by atoms with Crippen LogP contribution >= 0.6 is 0 Å². The number of carbonyl (C=O) groups excluding carboxylic acids is 4. The summed E-state index contributed by atoms with van der Waals surface area (Å²) in [5.41, 5.74) is 12.7. The Morgan fingerprint density at radius 3 is 2.26 bits per heavy atom. The van der Waals surface area contributed by atoms with Gasteiger partial charge in [-0.1, -0.05) is 24.3 Å². The van der Waals surface area contributed by atoms with Crippen LogP contribution in [0.4, 0.5) is 23.1 Å². The minimum Gasteiger partial charge on any atom is -0.457 e. The molecule has 5 aliphatic rings. The van der Waals surface area contributed by atoms with Crippen LogP contribution in [0.1, 0.15) is 61.7 Å². The average Bonchev–Trinajstić information content (AvgIpc) is 3.91. The van der Waals surface area contributed by atoms with Gasteiger partial charge >= 0.3 is 0 Å². The largest absolute Gasteiger partial charge is 0.457 e. The summed E-state index contributed by atoms with van der Waals surface area (Å²) in [5.74, 6) is 1.33. The molecule has 65 heavy (non-hydrogen) atoms. The molecule has 0 bridgehead atoms. The third-order valence-corrected chi connectivity index (χ3v) is 14.1. The van der Waals surface area contributed by atoms with E-state index in [2.05, 4.69) is 36.1 Å². The number of hydrogen-bond donors (Lipinski definition) is 2. The molecular weight excluding hydrogens is 825 g/mol. The number of nitrogens with two attached hydrogens (primary N) is 1. The maximum absolute atomic E-state index is 13.0. The smallest absolute Gasteiger partial charge is 0.243 e. The second-order valence-electron chi connectivity index (χ2n) is 17.9. The number of ether oxygens (including phenoxy) is 1. The second-order valence-corrected chi connectivity index (χ2v) is 17.9. The lowest BCUT2D eigenvalue weighted by molar-refractivity contribution is -0.141. The maximum atomic E-state index is 13.0. The number of nitrogens with zero attached hydrogens (tertiary/aromatic N) is 10. The highest BCUT2D eigenvalue weighted by Gasteiger charge is 2.47. The van der Waals surface area contributed by atoms with Crippen molar-refractivity contribution in [3.05, 3.63) is 103 Å². The van der Waals surface area contributed by atoms with Gasteiger partial charge < -0.3 is 25.2 Å². The fourth-order valence-corrected chi connectivity index (χ4v) is 10.5. The molecule has 2 unspecified atom stereocenters. The van der Waals surface area contributed by atoms with E-state index in [1.54, 1.807) is 4.90 Å². The van der Waals surface area contributed by atoms with E-state index in [0.717, 1.165) is 127 Å². The Morgan fingerprint density at radius 1 is 0.815 bits per heavy atom. The first kappa shape index (κ1) is 40.5. The first-order chi connectivity index (χ1) is 31.7. The molecule has 3 aromatic carbocycles. The normalized spacial score (nSPS) is 21.0. The third-order valence-electron chi connectivity index (χ3n) is 14.1. The van der Waals surface area contributed by atoms with Crippen LogP contribution < -0.4 is 30.5 Å². The minimum absolute atomic E-state index is 0.128. The molecule has 0 radical (unpaired) electrons. The molecule has 6 aromatic rings. The number of imide groups is 1. The van der Waals surface area contributed by atoms with E-state index in [4.69, 9.17) is 25.5 Å². The summed E-state index contributed by atoms with van der Waals surface area (Å²) in [6.07, 6.45) is 9.98. The van der Waals surface area contributed by atoms with Crippen LogP contribution in [-0.2, 0) is 25.7 Å². The Bertz CT molecular complexity index is 2790. The number of hydrogen-bond acceptors (Lipinski definition) is 15. The molecule has 17 heteroatoms. The van der Waals surface area contributed by atoms with Crippen molar-refractivity contribution >= 4 is 58.1 Å². The number of para-hydroxylation sites is 1. The number of aromatic nitrogens is 6. The van der Waals surface area contributed by atoms with Gasteiger partial charge in [-0.15, -0.1) is 0 Å². The maximum Gasteiger partial charge on any atom is 0.243 e. The number of piperidine rings is 3. The van der Waals surface area contributed by atoms with Crippen molar-refractivity contribution in [2.75, 3.05) is 59.7 Å². The van der Waals surface area contributed by atoms with Gasteiger partial charge in [0.2, 0.25) is 23.5 Å². The molecule has 330 valence electrons. The second kappa shape index (κ2) is 16.4. The molecule has 17 nitrogen and oxygen atoms in total. The third kappa shape index (κ3) is 7.48. The molecule has 0 aliphatic carbocycles. The number of anilines is 4. The number of carbonyl (C=O) groups is 4. The molecule has 3 N–H and O–H groups in total. The number of Topliss-reactive ketones (excluding diaryl/α,β-unsaturated/α-hetero) is 1. The number of ketones is 1. The standard InChI is InChI=1S/C48H48N12O5/c49-44-41-42(30-7-10-36(11-8-30)65-35-4-2-1-3-5-35)55-60(45(41)53-29-52-44)32-14-18-56(19-15-32)34-23-50-47(51-24-34)58-27-48(28-58)16-20-57(21-17-48)33-9-6-31-25-59(38-12-13-40(63)54-46(38)64)43(37(31)22-33)39(62)26-61/h1-11,22-24,26,29,32,38,43H,12-21,25,27-28H2,(H2,49,52,53)(H,54,63,64). The van der Waals surface area contributed by atoms with Crippen LogP contribution in [0.15, 0.2) is 91.5 Å². The van der Waals surface area contributed by atoms with E-state index in [-0.39, 0.29) is 23.8 Å². The van der Waals surface area contributed by atoms with Crippen molar-refractivity contribution in [1.82, 2.24) is 39.9 Å². The molecule has 8 heterocycles. The number of aldehydes is 1. The van der Waals surface area contributed by atoms with Gasteiger partial charge in [0.05, 0.1) is 35.6 Å². The van der Waals surface area contributed by atoms with E-state index in [1.165, 1.54) is 6.33 Å². The molecule has 11 rings (SSSR count). The lowest BCUT2D eigenvalue weighted by Crippen LogP contribution is -2.61. The molecular formula is C48H48N12O5. The predicted molar refractivity (Wildman–Crippen MR) is 242 cm³/mol. The quantitative estimate of drug-likeness (QED) is 0.105. The van der Waals surface area contributed by atoms with Crippen LogP contribution in [0.3, 0.4) is 0 Å². The Balaban J connectivity index is 0.696. The van der Waals surface area contributed by atoms with Crippen LogP contribution in [0.25, 0.3) is 22.3 Å². The summed E-state index contributed by atoms with van der Waals surface area (Å²) in [6, 6.07) is 22.3. The zero-order chi connectivity index (χ0) is 44.2. The van der Waals surface area contributed by atoms with Gasteiger partial charge in [0, 0.05) is 68.9 Å². The monoisotopic (exact) mass is 872 g/mol. The van der Waals surface area contributed by atoms with Gasteiger partial charge in [0.1, 0.15) is 35.4 Å². The first-order valence-electron chi connectivity index (χ1n) is 22.3. The highest BCUT2D eigenvalue weighted by molar-refractivity contribution is 6.27. The summed E-state index contributed by atoms with van der Waals surface area (Å²) in [5, 5.41) is 8.24. The lowest BCUT2D eigenvalue weighted by Gasteiger charge is -2.54. The van der Waals surface area contributed by atoms with Gasteiger partial charge in [-0.25, -0.2) is 24.6 Å². The topological polar surface area (TPSA) is 198 Å². The molecule has 2 atom stereocenters. The Labute approximate surface area is 374 Å². The highest BCUT2D eigenvalue weighted by atomic mass is 16.5. The summed E-state index contributed by atoms with van der Waals surface area (Å²) in [4.78, 5) is 76.7. The molecule has 2 amide bonds. The molecule has 1 spiro atoms. The summed E-state index contributed by atoms with van der Waals surface area (Å²) >= 11 is 0. The van der Waals surface area contributed by atoms with Gasteiger partial charge in [-0.2, -0.15) is 5.10 Å². The Hall–Kier alpha value is -7.27. The van der Waals surface area contributed by atoms with Crippen molar-refractivity contribution in [1.29, 1.82) is 0 Å². The molecule has 5 aliphatic heterocycles. The summed E-state index contributed by atoms with van der Waals surface area (Å²) in [6.45, 7) is 5.51. The van der Waals surface area contributed by atoms with Crippen LogP contribution in [-0.4, -0.2) is 104 Å². The molecule has 4 fully saturated rings. The molecule has 3 aromatic heterocycles. The van der Waals surface area contributed by atoms with E-state index >= 15 is 0 Å². The number of nitrogen functional groups attached to an aromatic ring is 1. The number of benzene rings is 3. The Morgan fingerprint density at radius 2 is 1.54 bits per heavy atom. The van der Waals surface area contributed by atoms with Crippen molar-refractivity contribution in [2.45, 2.75) is 63.2 Å². The van der Waals surface area contributed by atoms with E-state index < -0.39 is 23.8 Å². The zero-order valence-corrected chi connectivity index (χ0v) is 35.8. The summed E-state index contributed by atoms with van der Waals surface area (Å²) < 4.78 is 8.04. The van der Waals surface area contributed by atoms with Gasteiger partial charge in [-0.3, -0.25) is 29.4 Å². The molecule has 0 saturated carbocycles. The zero-order valence-electron chi connectivity index (χ0n) is 35.8. The fraction of sp³-hybridized carbons (Fsp3) is 0.354. The van der Waals surface area contributed by atoms with Gasteiger partial charge in [0.25, 0.3) is 0 Å². The van der Waals surface area contributed by atoms with Crippen molar-refractivity contribution < 1.29 is 23.9 Å². The highest BCUT2D eigenvalue weighted by Crippen LogP contribution is 2.45. The predicted octanol–water partition coefficient (Wildman–Crippen LogP) is 5.04. The number of amides is 2. The number of nitrogens with one attached hydrogen (secondary N) is 1. The SMILES string of the molecule is Nc1ncnc2c1c(-c1ccc(Oc3ccccc3)cc1)nn2C1CCN(c2cnc(N3CC4(CCN(c5ccc6c(c5)C(C(=O)C=O)N(C5CCC(=O)NC5=O)C6)CC4)C3)nc2)CC1. The van der Waals surface area contributed by atoms with Crippen molar-refractivity contribution in [3.8, 4) is 22.8 Å². The first-order valence-corrected chi connectivity index (χ1v) is 22.3. The fourth-order valence-electron chi connectivity index (χ4n) is 10.5. The Kier molecular flexibility index (Phi) is 10.2. The van der Waals surface area contributed by atoms with E-state index in [9.17, 15) is 19.2 Å². The van der Waals surface area contributed by atoms with Crippen LogP contribution in [0, 0.1) is 5.41 Å². The molecule has 4 saturated heterocycles. The minimum atomic E-state index is -0.842. The van der Waals surface area contributed by atoms with Crippen LogP contribution in [0.2, 0.25) is 0 Å². The summed E-state index contributed by atoms with van der Waals surface area (Å²) in [7, 11) is 0. The van der Waals surface area contributed by atoms with Crippen molar-refractivity contribution in [2.24, 2.45) is 5.41 Å². The average molecular weight is 873 g/mol. The number of fused-ring (bicyclic) bond motifs is 2. The van der Waals surface area contributed by atoms with E-state index in [0.29, 0.717) is 25.1 Å².